The molecule has 0 aliphatic heterocycles. The molecule has 0 heterocycles. The molecular weight excluding hydrogens is 755 g/mol. The molecule has 5 N–H and O–H groups in total. The lowest BCUT2D eigenvalue weighted by molar-refractivity contribution is -0.156. The number of nitrogens with two attached hydrogens (primary N) is 1. The highest BCUT2D eigenvalue weighted by Gasteiger charge is 2.24. The van der Waals surface area contributed by atoms with Crippen molar-refractivity contribution in [1.82, 2.24) is 0 Å². The summed E-state index contributed by atoms with van der Waals surface area (Å²) in [5, 5.41) is 28.3. The van der Waals surface area contributed by atoms with Gasteiger partial charge in [0.2, 0.25) is 0 Å². The van der Waals surface area contributed by atoms with Crippen LogP contribution in [-0.2, 0) is 38.2 Å². The molecule has 0 radical (unpaired) electrons. The average molecular weight is 842 g/mol. The zero-order valence-corrected chi connectivity index (χ0v) is 37.3. The van der Waals surface area contributed by atoms with E-state index < -0.39 is 36.2 Å². The maximum atomic E-state index is 12.3. The van der Waals surface area contributed by atoms with Crippen LogP contribution in [0.5, 0.6) is 0 Å². The number of carboxylic acids is 2. The van der Waals surface area contributed by atoms with Gasteiger partial charge in [0.1, 0.15) is 12.1 Å². The largest absolute Gasteiger partial charge is 0.481 e. The Balaban J connectivity index is 3.57. The molecule has 0 aliphatic carbocycles. The summed E-state index contributed by atoms with van der Waals surface area (Å²) in [6, 6.07) is -1.10. The van der Waals surface area contributed by atoms with Crippen LogP contribution in [0.2, 0.25) is 0 Å². The van der Waals surface area contributed by atoms with Crippen LogP contribution in [0.4, 0.5) is 0 Å². The molecule has 0 fully saturated rings. The molecule has 0 saturated heterocycles. The quantitative estimate of drug-likeness (QED) is 0.0257. The van der Waals surface area contributed by atoms with Gasteiger partial charge in [-0.1, -0.05) is 155 Å². The van der Waals surface area contributed by atoms with Crippen molar-refractivity contribution in [3.8, 4) is 0 Å². The molecule has 0 spiro atoms. The van der Waals surface area contributed by atoms with Gasteiger partial charge in [-0.3, -0.25) is 24.0 Å². The van der Waals surface area contributed by atoms with E-state index in [-0.39, 0.29) is 31.2 Å². The molecule has 0 aliphatic rings. The summed E-state index contributed by atoms with van der Waals surface area (Å²) in [5.74, 6) is -2.54. The highest BCUT2D eigenvalue weighted by atomic mass is 16.6. The second kappa shape index (κ2) is 42.0. The van der Waals surface area contributed by atoms with E-state index in [0.717, 1.165) is 148 Å². The van der Waals surface area contributed by atoms with Gasteiger partial charge >= 0.3 is 29.8 Å². The topological polar surface area (TPSA) is 200 Å². The molecule has 0 aromatic carbocycles. The van der Waals surface area contributed by atoms with Crippen LogP contribution < -0.4 is 5.73 Å². The summed E-state index contributed by atoms with van der Waals surface area (Å²) >= 11 is 0. The van der Waals surface area contributed by atoms with Crippen molar-refractivity contribution in [2.75, 3.05) is 13.2 Å². The number of unbranched alkanes of at least 4 members (excludes halogenated alkanes) is 25. The molecule has 0 rings (SSSR count). The smallest absolute Gasteiger partial charge is 0.320 e. The lowest BCUT2D eigenvalue weighted by Crippen LogP contribution is -2.33. The monoisotopic (exact) mass is 842 g/mol. The molecule has 12 heteroatoms. The van der Waals surface area contributed by atoms with E-state index in [2.05, 4.69) is 6.92 Å². The normalized spacial score (nSPS) is 12.8. The van der Waals surface area contributed by atoms with Gasteiger partial charge in [0.25, 0.3) is 0 Å². The van der Waals surface area contributed by atoms with E-state index in [1.165, 1.54) is 38.5 Å². The fourth-order valence-corrected chi connectivity index (χ4v) is 7.16. The van der Waals surface area contributed by atoms with Gasteiger partial charge < -0.3 is 35.3 Å². The van der Waals surface area contributed by atoms with Crippen LogP contribution in [0.25, 0.3) is 0 Å². The number of aliphatic hydroxyl groups is 1. The minimum atomic E-state index is -1.15. The Hall–Kier alpha value is -2.73. The number of aliphatic carboxylic acids is 2. The molecule has 0 bridgehead atoms. The van der Waals surface area contributed by atoms with Gasteiger partial charge in [-0.2, -0.15) is 0 Å². The van der Waals surface area contributed by atoms with E-state index in [1.54, 1.807) is 0 Å². The van der Waals surface area contributed by atoms with Gasteiger partial charge in [0.15, 0.2) is 0 Å². The third kappa shape index (κ3) is 40.4. The van der Waals surface area contributed by atoms with Gasteiger partial charge in [0.05, 0.1) is 19.3 Å². The Bertz CT molecular complexity index is 1040. The highest BCUT2D eigenvalue weighted by molar-refractivity contribution is 5.75. The molecule has 0 amide bonds. The lowest BCUT2D eigenvalue weighted by Gasteiger charge is -2.23. The van der Waals surface area contributed by atoms with Gasteiger partial charge in [0, 0.05) is 25.7 Å². The first-order valence-electron chi connectivity index (χ1n) is 24.0. The summed E-state index contributed by atoms with van der Waals surface area (Å²) in [5.41, 5.74) is 5.49. The van der Waals surface area contributed by atoms with Crippen molar-refractivity contribution in [1.29, 1.82) is 0 Å². The van der Waals surface area contributed by atoms with E-state index in [0.29, 0.717) is 38.9 Å². The standard InChI is InChI=1S/C47H87NO11/c1-2-3-24-32-42(59-46(54)37-36-40(48)47(55)56)41(49)31-25-18-12-8-9-15-21-28-35-45(53)58-39-30-23-17-11-10-16-22-29-38-57-44(52)34-27-20-14-7-5-4-6-13-19-26-33-43(50)51/h40-42,49H,2-39,48H2,1H3,(H,50,51)(H,55,56)/t40-,41?,42?/m1/s1. The Morgan fingerprint density at radius 1 is 0.441 bits per heavy atom. The van der Waals surface area contributed by atoms with E-state index in [4.69, 9.17) is 30.2 Å². The predicted molar refractivity (Wildman–Crippen MR) is 233 cm³/mol. The number of ether oxygens (including phenoxy) is 3. The first-order valence-corrected chi connectivity index (χ1v) is 24.0. The highest BCUT2D eigenvalue weighted by Crippen LogP contribution is 2.19. The summed E-state index contributed by atoms with van der Waals surface area (Å²) in [6.07, 6.45) is 31.5. The van der Waals surface area contributed by atoms with Crippen molar-refractivity contribution < 1.29 is 53.5 Å². The number of esters is 3. The molecule has 0 aromatic rings. The number of aliphatic hydroxyl groups excluding tert-OH is 1. The Labute approximate surface area is 357 Å². The molecule has 12 nitrogen and oxygen atoms in total. The summed E-state index contributed by atoms with van der Waals surface area (Å²) in [7, 11) is 0. The van der Waals surface area contributed by atoms with E-state index >= 15 is 0 Å². The predicted octanol–water partition coefficient (Wildman–Crippen LogP) is 10.9. The molecule has 346 valence electrons. The molecule has 0 saturated carbocycles. The van der Waals surface area contributed by atoms with Crippen molar-refractivity contribution in [3.05, 3.63) is 0 Å². The Morgan fingerprint density at radius 2 is 0.814 bits per heavy atom. The van der Waals surface area contributed by atoms with Crippen molar-refractivity contribution in [3.63, 3.8) is 0 Å². The van der Waals surface area contributed by atoms with Crippen molar-refractivity contribution >= 4 is 29.8 Å². The number of carboxylic acid groups (broad SMARTS) is 2. The van der Waals surface area contributed by atoms with Crippen LogP contribution in [0.1, 0.15) is 238 Å². The third-order valence-corrected chi connectivity index (χ3v) is 11.0. The maximum absolute atomic E-state index is 12.3. The van der Waals surface area contributed by atoms with Crippen molar-refractivity contribution in [2.45, 2.75) is 256 Å². The van der Waals surface area contributed by atoms with E-state index in [1.807, 2.05) is 0 Å². The van der Waals surface area contributed by atoms with Crippen LogP contribution >= 0.6 is 0 Å². The number of hydrogen-bond donors (Lipinski definition) is 4. The lowest BCUT2D eigenvalue weighted by atomic mass is 9.99. The number of carbonyl (C=O) groups excluding carboxylic acids is 3. The van der Waals surface area contributed by atoms with Gasteiger partial charge in [-0.25, -0.2) is 0 Å². The summed E-state index contributed by atoms with van der Waals surface area (Å²) in [4.78, 5) is 57.7. The third-order valence-electron chi connectivity index (χ3n) is 11.0. The molecule has 3 atom stereocenters. The fourth-order valence-electron chi connectivity index (χ4n) is 7.16. The number of carbonyl (C=O) groups is 5. The summed E-state index contributed by atoms with van der Waals surface area (Å²) in [6.45, 7) is 3.11. The molecule has 2 unspecified atom stereocenters. The minimum absolute atomic E-state index is 0.0103. The Kier molecular flexibility index (Phi) is 40.0. The summed E-state index contributed by atoms with van der Waals surface area (Å²) < 4.78 is 16.4. The van der Waals surface area contributed by atoms with E-state index in [9.17, 15) is 29.1 Å². The Morgan fingerprint density at radius 3 is 1.22 bits per heavy atom. The van der Waals surface area contributed by atoms with Crippen LogP contribution in [-0.4, -0.2) is 76.6 Å². The van der Waals surface area contributed by atoms with Crippen LogP contribution in [0.15, 0.2) is 0 Å². The molecule has 59 heavy (non-hydrogen) atoms. The first kappa shape index (κ1) is 56.3. The second-order valence-corrected chi connectivity index (χ2v) is 16.6. The van der Waals surface area contributed by atoms with Crippen LogP contribution in [0.3, 0.4) is 0 Å². The maximum Gasteiger partial charge on any atom is 0.320 e. The zero-order valence-electron chi connectivity index (χ0n) is 37.3. The minimum Gasteiger partial charge on any atom is -0.481 e. The number of hydrogen-bond acceptors (Lipinski definition) is 10. The van der Waals surface area contributed by atoms with Crippen molar-refractivity contribution in [2.24, 2.45) is 5.73 Å². The first-order chi connectivity index (χ1) is 28.6. The molecule has 0 aromatic heterocycles. The number of rotatable bonds is 45. The second-order valence-electron chi connectivity index (χ2n) is 16.6. The zero-order chi connectivity index (χ0) is 43.6. The van der Waals surface area contributed by atoms with Crippen LogP contribution in [0, 0.1) is 0 Å². The van der Waals surface area contributed by atoms with Gasteiger partial charge in [-0.05, 0) is 57.8 Å². The molecular formula is C47H87NO11. The average Bonchev–Trinajstić information content (AvgIpc) is 3.20. The van der Waals surface area contributed by atoms with Gasteiger partial charge in [-0.15, -0.1) is 0 Å². The SMILES string of the molecule is CCCCCC(OC(=O)CC[C@@H](N)C(=O)O)C(O)CCCCCCCCCCC(=O)OCCCCCCCCCCOC(=O)CCCCCCCCCCCCC(=O)O. The fraction of sp³-hybridized carbons (Fsp3) is 0.894.